The van der Waals surface area contributed by atoms with E-state index in [9.17, 15) is 4.79 Å². The van der Waals surface area contributed by atoms with Gasteiger partial charge in [-0.25, -0.2) is 0 Å². The average molecular weight is 382 g/mol. The van der Waals surface area contributed by atoms with Crippen molar-refractivity contribution in [3.8, 4) is 5.75 Å². The average Bonchev–Trinajstić information content (AvgIpc) is 2.40. The molecule has 20 heavy (non-hydrogen) atoms. The molecule has 104 valence electrons. The third kappa shape index (κ3) is 3.86. The van der Waals surface area contributed by atoms with Gasteiger partial charge in [0.2, 0.25) is 0 Å². The molecule has 0 heterocycles. The quantitative estimate of drug-likeness (QED) is 0.631. The normalized spacial score (nSPS) is 10.1. The van der Waals surface area contributed by atoms with Gasteiger partial charge in [-0.05, 0) is 65.4 Å². The molecule has 3 N–H and O–H groups in total. The fraction of sp³-hybridized carbons (Fsp3) is 0.133. The largest absolute Gasteiger partial charge is 0.483 e. The van der Waals surface area contributed by atoms with Crippen LogP contribution in [0, 0.1) is 10.5 Å². The lowest BCUT2D eigenvalue weighted by Crippen LogP contribution is -2.20. The van der Waals surface area contributed by atoms with Crippen LogP contribution in [-0.4, -0.2) is 12.5 Å². The number of hydrogen-bond donors (Lipinski definition) is 2. The molecular formula is C15H15IN2O2. The van der Waals surface area contributed by atoms with E-state index in [4.69, 9.17) is 10.5 Å². The van der Waals surface area contributed by atoms with E-state index in [1.807, 2.05) is 37.3 Å². The molecule has 0 aliphatic carbocycles. The molecule has 2 aromatic carbocycles. The molecule has 2 aromatic rings. The van der Waals surface area contributed by atoms with Gasteiger partial charge in [0.1, 0.15) is 5.75 Å². The van der Waals surface area contributed by atoms with E-state index in [0.29, 0.717) is 11.4 Å². The van der Waals surface area contributed by atoms with E-state index >= 15 is 0 Å². The number of ether oxygens (including phenoxy) is 1. The number of para-hydroxylation sites is 1. The number of nitrogen functional groups attached to an aromatic ring is 1. The number of hydrogen-bond acceptors (Lipinski definition) is 3. The molecule has 0 aliphatic heterocycles. The minimum Gasteiger partial charge on any atom is -0.483 e. The second kappa shape index (κ2) is 6.60. The smallest absolute Gasteiger partial charge is 0.262 e. The number of benzene rings is 2. The Kier molecular flexibility index (Phi) is 4.84. The molecule has 0 unspecified atom stereocenters. The molecule has 1 amide bonds. The van der Waals surface area contributed by atoms with Crippen LogP contribution in [0.1, 0.15) is 5.56 Å². The van der Waals surface area contributed by atoms with Gasteiger partial charge in [0.25, 0.3) is 5.91 Å². The summed E-state index contributed by atoms with van der Waals surface area (Å²) in [5, 5.41) is 2.82. The van der Waals surface area contributed by atoms with Gasteiger partial charge < -0.3 is 15.8 Å². The standard InChI is InChI=1S/C15H15IN2O2/c1-10-8-11(17)6-7-14(10)20-9-15(19)18-13-5-3-2-4-12(13)16/h2-8H,9,17H2,1H3,(H,18,19). The van der Waals surface area contributed by atoms with Gasteiger partial charge >= 0.3 is 0 Å². The first-order chi connectivity index (χ1) is 9.56. The van der Waals surface area contributed by atoms with Crippen LogP contribution in [-0.2, 0) is 4.79 Å². The summed E-state index contributed by atoms with van der Waals surface area (Å²) in [4.78, 5) is 11.9. The minimum atomic E-state index is -0.189. The van der Waals surface area contributed by atoms with Crippen molar-refractivity contribution in [2.45, 2.75) is 6.92 Å². The second-order valence-electron chi connectivity index (χ2n) is 4.34. The minimum absolute atomic E-state index is 0.0320. The Hall–Kier alpha value is -1.76. The molecule has 0 radical (unpaired) electrons. The fourth-order valence-corrected chi connectivity index (χ4v) is 2.25. The highest BCUT2D eigenvalue weighted by atomic mass is 127. The Bertz CT molecular complexity index is 629. The van der Waals surface area contributed by atoms with Crippen molar-refractivity contribution < 1.29 is 9.53 Å². The Balaban J connectivity index is 1.94. The molecule has 4 nitrogen and oxygen atoms in total. The number of amides is 1. The summed E-state index contributed by atoms with van der Waals surface area (Å²) < 4.78 is 6.48. The molecule has 0 fully saturated rings. The molecule has 0 aromatic heterocycles. The molecular weight excluding hydrogens is 367 g/mol. The van der Waals surface area contributed by atoms with Crippen molar-refractivity contribution in [1.82, 2.24) is 0 Å². The van der Waals surface area contributed by atoms with Crippen LogP contribution in [0.2, 0.25) is 0 Å². The van der Waals surface area contributed by atoms with Crippen molar-refractivity contribution in [3.05, 3.63) is 51.6 Å². The first-order valence-corrected chi connectivity index (χ1v) is 7.17. The summed E-state index contributed by atoms with van der Waals surface area (Å²) in [6.45, 7) is 1.86. The predicted molar refractivity (Wildman–Crippen MR) is 88.9 cm³/mol. The summed E-state index contributed by atoms with van der Waals surface area (Å²) in [7, 11) is 0. The zero-order valence-corrected chi connectivity index (χ0v) is 13.2. The van der Waals surface area contributed by atoms with Crippen molar-refractivity contribution in [2.75, 3.05) is 17.7 Å². The van der Waals surface area contributed by atoms with Crippen molar-refractivity contribution in [3.63, 3.8) is 0 Å². The monoisotopic (exact) mass is 382 g/mol. The van der Waals surface area contributed by atoms with Crippen LogP contribution in [0.25, 0.3) is 0 Å². The molecule has 0 spiro atoms. The highest BCUT2D eigenvalue weighted by molar-refractivity contribution is 14.1. The van der Waals surface area contributed by atoms with E-state index in [1.165, 1.54) is 0 Å². The van der Waals surface area contributed by atoms with Crippen LogP contribution in [0.5, 0.6) is 5.75 Å². The van der Waals surface area contributed by atoms with Gasteiger partial charge in [-0.1, -0.05) is 12.1 Å². The molecule has 0 bridgehead atoms. The Morgan fingerprint density at radius 3 is 2.75 bits per heavy atom. The summed E-state index contributed by atoms with van der Waals surface area (Å²) in [6.07, 6.45) is 0. The second-order valence-corrected chi connectivity index (χ2v) is 5.50. The molecule has 0 saturated carbocycles. The van der Waals surface area contributed by atoms with E-state index in [-0.39, 0.29) is 12.5 Å². The molecule has 0 atom stereocenters. The lowest BCUT2D eigenvalue weighted by molar-refractivity contribution is -0.118. The third-order valence-corrected chi connectivity index (χ3v) is 3.65. The molecule has 2 rings (SSSR count). The number of aryl methyl sites for hydroxylation is 1. The maximum Gasteiger partial charge on any atom is 0.262 e. The SMILES string of the molecule is Cc1cc(N)ccc1OCC(=O)Nc1ccccc1I. The van der Waals surface area contributed by atoms with E-state index < -0.39 is 0 Å². The van der Waals surface area contributed by atoms with Gasteiger partial charge in [0.15, 0.2) is 6.61 Å². The van der Waals surface area contributed by atoms with Crippen LogP contribution >= 0.6 is 22.6 Å². The zero-order chi connectivity index (χ0) is 14.5. The highest BCUT2D eigenvalue weighted by Crippen LogP contribution is 2.20. The lowest BCUT2D eigenvalue weighted by Gasteiger charge is -2.10. The topological polar surface area (TPSA) is 64.3 Å². The maximum atomic E-state index is 11.9. The summed E-state index contributed by atoms with van der Waals surface area (Å²) in [5.74, 6) is 0.474. The molecule has 0 saturated heterocycles. The zero-order valence-electron chi connectivity index (χ0n) is 11.0. The number of halogens is 1. The van der Waals surface area contributed by atoms with Gasteiger partial charge in [-0.15, -0.1) is 0 Å². The summed E-state index contributed by atoms with van der Waals surface area (Å²) in [6, 6.07) is 12.9. The van der Waals surface area contributed by atoms with Gasteiger partial charge in [0, 0.05) is 9.26 Å². The van der Waals surface area contributed by atoms with Crippen LogP contribution < -0.4 is 15.8 Å². The van der Waals surface area contributed by atoms with E-state index in [0.717, 1.165) is 14.8 Å². The highest BCUT2D eigenvalue weighted by Gasteiger charge is 2.07. The van der Waals surface area contributed by atoms with Gasteiger partial charge in [-0.3, -0.25) is 4.79 Å². The van der Waals surface area contributed by atoms with Gasteiger partial charge in [-0.2, -0.15) is 0 Å². The Morgan fingerprint density at radius 1 is 1.30 bits per heavy atom. The van der Waals surface area contributed by atoms with Crippen molar-refractivity contribution in [1.29, 1.82) is 0 Å². The van der Waals surface area contributed by atoms with Crippen molar-refractivity contribution in [2.24, 2.45) is 0 Å². The van der Waals surface area contributed by atoms with Gasteiger partial charge in [0.05, 0.1) is 5.69 Å². The molecule has 0 aliphatic rings. The lowest BCUT2D eigenvalue weighted by atomic mass is 10.2. The van der Waals surface area contributed by atoms with Crippen molar-refractivity contribution >= 4 is 39.9 Å². The third-order valence-electron chi connectivity index (χ3n) is 2.71. The first kappa shape index (κ1) is 14.6. The number of nitrogens with two attached hydrogens (primary N) is 1. The maximum absolute atomic E-state index is 11.9. The number of nitrogens with one attached hydrogen (secondary N) is 1. The predicted octanol–water partition coefficient (Wildman–Crippen LogP) is 3.20. The Morgan fingerprint density at radius 2 is 2.05 bits per heavy atom. The van der Waals surface area contributed by atoms with Crippen LogP contribution in [0.3, 0.4) is 0 Å². The molecule has 5 heteroatoms. The number of rotatable bonds is 4. The first-order valence-electron chi connectivity index (χ1n) is 6.09. The Labute approximate surface area is 131 Å². The summed E-state index contributed by atoms with van der Waals surface area (Å²) >= 11 is 2.17. The van der Waals surface area contributed by atoms with E-state index in [1.54, 1.807) is 12.1 Å². The van der Waals surface area contributed by atoms with E-state index in [2.05, 4.69) is 27.9 Å². The van der Waals surface area contributed by atoms with Crippen LogP contribution in [0.4, 0.5) is 11.4 Å². The number of carbonyl (C=O) groups excluding carboxylic acids is 1. The number of anilines is 2. The van der Waals surface area contributed by atoms with Crippen LogP contribution in [0.15, 0.2) is 42.5 Å². The number of carbonyl (C=O) groups is 1. The summed E-state index contributed by atoms with van der Waals surface area (Å²) in [5.41, 5.74) is 8.04. The fourth-order valence-electron chi connectivity index (χ4n) is 1.73.